The second-order valence-corrected chi connectivity index (χ2v) is 9.99. The van der Waals surface area contributed by atoms with Gasteiger partial charge in [-0.1, -0.05) is 60.7 Å². The lowest BCUT2D eigenvalue weighted by Crippen LogP contribution is -2.46. The predicted octanol–water partition coefficient (Wildman–Crippen LogP) is 4.47. The molecule has 5 rings (SSSR count). The van der Waals surface area contributed by atoms with Gasteiger partial charge in [0.15, 0.2) is 0 Å². The van der Waals surface area contributed by atoms with Gasteiger partial charge < -0.3 is 20.0 Å². The number of benzene rings is 3. The largest absolute Gasteiger partial charge is 0.473 e. The maximum Gasteiger partial charge on any atom is 0.414 e. The SMILES string of the molecule is Cc1cccc(N2CCN(C/C=C/c3ccc4c(c3)CCC(=O)N4Cc3ccccc3)CC2)c1.O=C(O)C(=O)O. The molecule has 2 aliphatic rings. The van der Waals surface area contributed by atoms with Gasteiger partial charge in [0.05, 0.1) is 6.54 Å². The third-order valence-electron chi connectivity index (χ3n) is 7.08. The molecule has 0 aromatic heterocycles. The van der Waals surface area contributed by atoms with Gasteiger partial charge in [-0.25, -0.2) is 9.59 Å². The molecule has 2 N–H and O–H groups in total. The Labute approximate surface area is 234 Å². The normalized spacial score (nSPS) is 15.4. The van der Waals surface area contributed by atoms with Crippen molar-refractivity contribution in [2.24, 2.45) is 0 Å². The van der Waals surface area contributed by atoms with E-state index in [9.17, 15) is 4.79 Å². The molecule has 0 spiro atoms. The second-order valence-electron chi connectivity index (χ2n) is 9.99. The molecule has 0 unspecified atom stereocenters. The maximum absolute atomic E-state index is 12.6. The number of carboxylic acid groups (broad SMARTS) is 2. The quantitative estimate of drug-likeness (QED) is 0.444. The fraction of sp³-hybridized carbons (Fsp3) is 0.281. The molecule has 1 amide bonds. The van der Waals surface area contributed by atoms with Crippen LogP contribution in [-0.2, 0) is 27.3 Å². The van der Waals surface area contributed by atoms with Crippen LogP contribution in [0.3, 0.4) is 0 Å². The highest BCUT2D eigenvalue weighted by atomic mass is 16.4. The van der Waals surface area contributed by atoms with Crippen molar-refractivity contribution in [2.45, 2.75) is 26.3 Å². The maximum atomic E-state index is 12.6. The Balaban J connectivity index is 0.000000557. The number of carbonyl (C=O) groups is 3. The van der Waals surface area contributed by atoms with Gasteiger partial charge in [0, 0.05) is 50.5 Å². The third kappa shape index (κ3) is 7.80. The number of aliphatic carboxylic acids is 2. The minimum absolute atomic E-state index is 0.212. The number of piperazine rings is 1. The number of hydrogen-bond acceptors (Lipinski definition) is 5. The minimum atomic E-state index is -1.82. The first-order chi connectivity index (χ1) is 19.3. The molecule has 0 atom stereocenters. The van der Waals surface area contributed by atoms with Gasteiger partial charge in [-0.05, 0) is 59.9 Å². The van der Waals surface area contributed by atoms with Crippen LogP contribution in [0.15, 0.2) is 78.9 Å². The molecule has 3 aromatic rings. The standard InChI is InChI=1S/C30H33N3O.C2H2O4/c1-24-7-5-11-28(21-24)32-19-17-31(18-20-32)16-6-10-25-12-14-29-27(22-25)13-15-30(34)33(29)23-26-8-3-2-4-9-26;3-1(4)2(5)6/h2-12,14,21-22H,13,15-20,23H2,1H3;(H,3,4)(H,5,6)/b10-6+;. The highest BCUT2D eigenvalue weighted by Crippen LogP contribution is 2.30. The van der Waals surface area contributed by atoms with E-state index >= 15 is 0 Å². The number of nitrogens with zero attached hydrogens (tertiary/aromatic N) is 3. The molecule has 1 saturated heterocycles. The molecule has 0 radical (unpaired) electrons. The summed E-state index contributed by atoms with van der Waals surface area (Å²) in [6.45, 7) is 8.07. The summed E-state index contributed by atoms with van der Waals surface area (Å²) in [5, 5.41) is 14.8. The number of hydrogen-bond donors (Lipinski definition) is 2. The van der Waals surface area contributed by atoms with Gasteiger partial charge in [0.1, 0.15) is 0 Å². The monoisotopic (exact) mass is 541 g/mol. The van der Waals surface area contributed by atoms with Crippen LogP contribution < -0.4 is 9.80 Å². The van der Waals surface area contributed by atoms with Crippen molar-refractivity contribution in [1.82, 2.24) is 4.90 Å². The minimum Gasteiger partial charge on any atom is -0.473 e. The average molecular weight is 542 g/mol. The number of aryl methyl sites for hydroxylation is 2. The lowest BCUT2D eigenvalue weighted by molar-refractivity contribution is -0.159. The number of amides is 1. The summed E-state index contributed by atoms with van der Waals surface area (Å²) in [6, 6.07) is 25.6. The van der Waals surface area contributed by atoms with Crippen LogP contribution in [0.4, 0.5) is 11.4 Å². The number of rotatable bonds is 6. The molecular formula is C32H35N3O5. The molecule has 1 fully saturated rings. The zero-order valence-electron chi connectivity index (χ0n) is 22.7. The molecule has 208 valence electrons. The van der Waals surface area contributed by atoms with Crippen LogP contribution >= 0.6 is 0 Å². The zero-order valence-corrected chi connectivity index (χ0v) is 22.7. The lowest BCUT2D eigenvalue weighted by atomic mass is 9.98. The first-order valence-corrected chi connectivity index (χ1v) is 13.4. The van der Waals surface area contributed by atoms with E-state index in [1.807, 2.05) is 23.1 Å². The number of fused-ring (bicyclic) bond motifs is 1. The third-order valence-corrected chi connectivity index (χ3v) is 7.08. The molecule has 0 bridgehead atoms. The van der Waals surface area contributed by atoms with Crippen molar-refractivity contribution >= 4 is 35.3 Å². The summed E-state index contributed by atoms with van der Waals surface area (Å²) in [5.41, 5.74) is 7.36. The van der Waals surface area contributed by atoms with E-state index in [2.05, 4.69) is 83.5 Å². The highest BCUT2D eigenvalue weighted by molar-refractivity contribution is 6.27. The van der Waals surface area contributed by atoms with E-state index in [1.54, 1.807) is 0 Å². The molecular weight excluding hydrogens is 506 g/mol. The van der Waals surface area contributed by atoms with Crippen LogP contribution in [0.2, 0.25) is 0 Å². The van der Waals surface area contributed by atoms with E-state index in [-0.39, 0.29) is 5.91 Å². The summed E-state index contributed by atoms with van der Waals surface area (Å²) in [5.74, 6) is -3.44. The zero-order chi connectivity index (χ0) is 28.5. The molecule has 0 saturated carbocycles. The molecule has 0 aliphatic carbocycles. The summed E-state index contributed by atoms with van der Waals surface area (Å²) in [7, 11) is 0. The van der Waals surface area contributed by atoms with E-state index < -0.39 is 11.9 Å². The predicted molar refractivity (Wildman–Crippen MR) is 157 cm³/mol. The Hall–Kier alpha value is -4.43. The molecule has 3 aromatic carbocycles. The van der Waals surface area contributed by atoms with Crippen molar-refractivity contribution in [1.29, 1.82) is 0 Å². The van der Waals surface area contributed by atoms with Crippen molar-refractivity contribution in [3.8, 4) is 0 Å². The number of anilines is 2. The fourth-order valence-corrected chi connectivity index (χ4v) is 4.97. The summed E-state index contributed by atoms with van der Waals surface area (Å²) in [6.07, 6.45) is 5.91. The molecule has 2 aliphatic heterocycles. The second kappa shape index (κ2) is 13.6. The van der Waals surface area contributed by atoms with Gasteiger partial charge in [0.25, 0.3) is 0 Å². The smallest absolute Gasteiger partial charge is 0.414 e. The van der Waals surface area contributed by atoms with Crippen LogP contribution in [0.25, 0.3) is 6.08 Å². The topological polar surface area (TPSA) is 101 Å². The number of carbonyl (C=O) groups excluding carboxylic acids is 1. The molecule has 8 nitrogen and oxygen atoms in total. The average Bonchev–Trinajstić information content (AvgIpc) is 2.96. The van der Waals surface area contributed by atoms with Gasteiger partial charge in [0.2, 0.25) is 5.91 Å². The van der Waals surface area contributed by atoms with Crippen LogP contribution in [0.5, 0.6) is 0 Å². The van der Waals surface area contributed by atoms with Crippen molar-refractivity contribution in [3.05, 3.63) is 101 Å². The summed E-state index contributed by atoms with van der Waals surface area (Å²) in [4.78, 5) is 37.8. The van der Waals surface area contributed by atoms with Gasteiger partial charge in [-0.15, -0.1) is 0 Å². The van der Waals surface area contributed by atoms with E-state index in [4.69, 9.17) is 19.8 Å². The van der Waals surface area contributed by atoms with Crippen molar-refractivity contribution in [3.63, 3.8) is 0 Å². The molecule has 40 heavy (non-hydrogen) atoms. The molecule has 8 heteroatoms. The highest BCUT2D eigenvalue weighted by Gasteiger charge is 2.24. The Morgan fingerprint density at radius 1 is 0.850 bits per heavy atom. The van der Waals surface area contributed by atoms with Crippen LogP contribution in [-0.4, -0.2) is 65.7 Å². The van der Waals surface area contributed by atoms with Crippen LogP contribution in [0.1, 0.15) is 28.7 Å². The van der Waals surface area contributed by atoms with Crippen molar-refractivity contribution < 1.29 is 24.6 Å². The summed E-state index contributed by atoms with van der Waals surface area (Å²) < 4.78 is 0. The first-order valence-electron chi connectivity index (χ1n) is 13.4. The Bertz CT molecular complexity index is 1350. The number of carboxylic acids is 2. The van der Waals surface area contributed by atoms with Gasteiger partial charge in [-0.3, -0.25) is 9.69 Å². The Kier molecular flexibility index (Phi) is 9.70. The fourth-order valence-electron chi connectivity index (χ4n) is 4.97. The Morgan fingerprint density at radius 3 is 2.25 bits per heavy atom. The first kappa shape index (κ1) is 28.6. The van der Waals surface area contributed by atoms with Crippen LogP contribution in [0, 0.1) is 6.92 Å². The molecule has 2 heterocycles. The van der Waals surface area contributed by atoms with E-state index in [1.165, 1.54) is 22.4 Å². The van der Waals surface area contributed by atoms with E-state index in [0.717, 1.165) is 50.4 Å². The lowest BCUT2D eigenvalue weighted by Gasteiger charge is -2.35. The van der Waals surface area contributed by atoms with E-state index in [0.29, 0.717) is 13.0 Å². The van der Waals surface area contributed by atoms with Gasteiger partial charge in [-0.2, -0.15) is 0 Å². The summed E-state index contributed by atoms with van der Waals surface area (Å²) >= 11 is 0. The Morgan fingerprint density at radius 2 is 1.57 bits per heavy atom. The van der Waals surface area contributed by atoms with Crippen molar-refractivity contribution in [2.75, 3.05) is 42.5 Å². The van der Waals surface area contributed by atoms with Gasteiger partial charge >= 0.3 is 11.9 Å².